The van der Waals surface area contributed by atoms with Gasteiger partial charge in [0.25, 0.3) is 0 Å². The highest BCUT2D eigenvalue weighted by Crippen LogP contribution is 2.45. The van der Waals surface area contributed by atoms with Crippen molar-refractivity contribution in [3.8, 4) is 0 Å². The maximum absolute atomic E-state index is 10.0. The van der Waals surface area contributed by atoms with Crippen molar-refractivity contribution in [1.29, 1.82) is 0 Å². The van der Waals surface area contributed by atoms with E-state index in [9.17, 15) is 15.1 Å². The first kappa shape index (κ1) is 14.0. The Morgan fingerprint density at radius 3 is 2.56 bits per heavy atom. The average molecular weight is 266 g/mol. The Morgan fingerprint density at radius 1 is 1.44 bits per heavy atom. The van der Waals surface area contributed by atoms with Gasteiger partial charge in [-0.15, -0.1) is 0 Å². The normalized spacial score (nSPS) is 17.6. The van der Waals surface area contributed by atoms with Gasteiger partial charge in [-0.25, -0.2) is 4.98 Å². The molecule has 1 aromatic rings. The van der Waals surface area contributed by atoms with E-state index in [2.05, 4.69) is 4.98 Å². The lowest BCUT2D eigenvalue weighted by Gasteiger charge is -2.28. The van der Waals surface area contributed by atoms with Crippen LogP contribution in [0.5, 0.6) is 0 Å². The van der Waals surface area contributed by atoms with Crippen molar-refractivity contribution < 1.29 is 19.6 Å². The summed E-state index contributed by atoms with van der Waals surface area (Å²) in [6, 6.07) is 0. The lowest BCUT2D eigenvalue weighted by atomic mass is 10.4. The van der Waals surface area contributed by atoms with Gasteiger partial charge in [0.2, 0.25) is 0 Å². The van der Waals surface area contributed by atoms with Gasteiger partial charge in [0, 0.05) is 12.4 Å². The van der Waals surface area contributed by atoms with Crippen molar-refractivity contribution in [2.24, 2.45) is 0 Å². The summed E-state index contributed by atoms with van der Waals surface area (Å²) < 4.78 is 6.72. The fourth-order valence-corrected chi connectivity index (χ4v) is 2.20. The van der Waals surface area contributed by atoms with Crippen LogP contribution in [0.4, 0.5) is 0 Å². The van der Waals surface area contributed by atoms with Crippen molar-refractivity contribution in [1.82, 2.24) is 9.55 Å². The number of aromatic nitrogens is 2. The Hall–Kier alpha value is -0.0900. The minimum Gasteiger partial charge on any atom is -0.375 e. The summed E-state index contributed by atoms with van der Waals surface area (Å²) in [6.45, 7) is 3.12. The summed E-state index contributed by atoms with van der Waals surface area (Å²) in [6.07, 6.45) is 4.81. The molecule has 92 valence electrons. The van der Waals surface area contributed by atoms with Gasteiger partial charge in [0.1, 0.15) is 0 Å². The second kappa shape index (κ2) is 5.50. The lowest BCUT2D eigenvalue weighted by molar-refractivity contribution is -0.0982. The van der Waals surface area contributed by atoms with Crippen molar-refractivity contribution in [3.63, 3.8) is 0 Å². The molecule has 0 bridgehead atoms. The molecule has 0 radical (unpaired) electrons. The van der Waals surface area contributed by atoms with Gasteiger partial charge in [0.05, 0.1) is 30.5 Å². The highest BCUT2D eigenvalue weighted by molar-refractivity contribution is 7.53. The van der Waals surface area contributed by atoms with Crippen molar-refractivity contribution in [3.05, 3.63) is 18.7 Å². The summed E-state index contributed by atoms with van der Waals surface area (Å²) in [5.41, 5.74) is 0. The molecule has 3 atom stereocenters. The molecular weight excluding hydrogens is 250 g/mol. The minimum atomic E-state index is -1.37. The number of hydrogen-bond acceptors (Lipinski definition) is 5. The van der Waals surface area contributed by atoms with E-state index in [1.165, 1.54) is 13.8 Å². The van der Waals surface area contributed by atoms with E-state index in [-0.39, 0.29) is 6.54 Å². The second-order valence-corrected chi connectivity index (χ2v) is 6.64. The maximum Gasteiger partial charge on any atom is 0.163 e. The summed E-state index contributed by atoms with van der Waals surface area (Å²) in [5, 5.41) is 18.0. The van der Waals surface area contributed by atoms with Crippen LogP contribution in [0.3, 0.4) is 0 Å². The average Bonchev–Trinajstić information content (AvgIpc) is 2.66. The molecule has 0 saturated carbocycles. The Kier molecular flexibility index (Phi) is 4.80. The molecule has 3 unspecified atom stereocenters. The molecule has 0 spiro atoms. The van der Waals surface area contributed by atoms with Crippen LogP contribution in [0.2, 0.25) is 0 Å². The third-order valence-corrected chi connectivity index (χ3v) is 3.89. The molecule has 0 fully saturated rings. The first-order valence-corrected chi connectivity index (χ1v) is 6.47. The second-order valence-electron chi connectivity index (χ2n) is 3.86. The molecule has 0 aliphatic heterocycles. The van der Waals surface area contributed by atoms with Gasteiger partial charge < -0.3 is 24.2 Å². The van der Waals surface area contributed by atoms with E-state index in [0.29, 0.717) is 0 Å². The van der Waals surface area contributed by atoms with Crippen molar-refractivity contribution in [2.75, 3.05) is 0 Å². The summed E-state index contributed by atoms with van der Waals surface area (Å²) in [4.78, 5) is 13.0. The van der Waals surface area contributed by atoms with Crippen molar-refractivity contribution >= 4 is 17.6 Å². The minimum absolute atomic E-state index is 0.177. The van der Waals surface area contributed by atoms with Crippen LogP contribution < -0.4 is 0 Å². The molecule has 0 aromatic carbocycles. The molecule has 16 heavy (non-hydrogen) atoms. The van der Waals surface area contributed by atoms with Gasteiger partial charge in [-0.1, -0.05) is 0 Å². The predicted molar refractivity (Wildman–Crippen MR) is 63.4 cm³/mol. The van der Waals surface area contributed by atoms with Crippen LogP contribution in [-0.2, 0) is 11.1 Å². The van der Waals surface area contributed by atoms with E-state index in [1.807, 2.05) is 0 Å². The van der Waals surface area contributed by atoms with Crippen molar-refractivity contribution in [2.45, 2.75) is 31.3 Å². The highest BCUT2D eigenvalue weighted by atomic mass is 31.1. The molecule has 0 amide bonds. The Balaban J connectivity index is 2.56. The quantitative estimate of drug-likeness (QED) is 0.514. The lowest BCUT2D eigenvalue weighted by Crippen LogP contribution is -2.27. The molecule has 1 rings (SSSR count). The van der Waals surface area contributed by atoms with Crippen LogP contribution in [0.25, 0.3) is 0 Å². The molecule has 1 aromatic heterocycles. The molecule has 0 aliphatic rings. The van der Waals surface area contributed by atoms with Gasteiger partial charge in [-0.2, -0.15) is 0 Å². The van der Waals surface area contributed by atoms with E-state index in [1.54, 1.807) is 23.3 Å². The highest BCUT2D eigenvalue weighted by Gasteiger charge is 2.30. The number of nitrogens with zero attached hydrogens (tertiary/aromatic N) is 2. The van der Waals surface area contributed by atoms with Crippen LogP contribution in [0.1, 0.15) is 13.8 Å². The van der Waals surface area contributed by atoms with Crippen LogP contribution in [0, 0.1) is 0 Å². The Morgan fingerprint density at radius 2 is 2.12 bits per heavy atom. The van der Waals surface area contributed by atoms with Crippen LogP contribution in [0.15, 0.2) is 18.7 Å². The van der Waals surface area contributed by atoms with Gasteiger partial charge in [0.15, 0.2) is 10.9 Å². The molecule has 0 aliphatic carbocycles. The molecule has 8 heteroatoms. The van der Waals surface area contributed by atoms with Gasteiger partial charge in [-0.05, 0) is 13.8 Å². The zero-order valence-corrected chi connectivity index (χ0v) is 11.1. The van der Waals surface area contributed by atoms with Crippen LogP contribution >= 0.6 is 17.6 Å². The number of imidazole rings is 1. The predicted octanol–water partition coefficient (Wildman–Crippen LogP) is 0.453. The van der Waals surface area contributed by atoms with E-state index in [4.69, 9.17) is 4.52 Å². The largest absolute Gasteiger partial charge is 0.375 e. The third-order valence-electron chi connectivity index (χ3n) is 1.63. The zero-order chi connectivity index (χ0) is 12.2. The van der Waals surface area contributed by atoms with Gasteiger partial charge in [-0.3, -0.25) is 0 Å². The molecule has 1 heterocycles. The summed E-state index contributed by atoms with van der Waals surface area (Å²) in [5.74, 6) is -1.32. The smallest absolute Gasteiger partial charge is 0.163 e. The van der Waals surface area contributed by atoms with Gasteiger partial charge >= 0.3 is 0 Å². The maximum atomic E-state index is 10.0. The molecule has 0 saturated heterocycles. The van der Waals surface area contributed by atoms with Crippen LogP contribution in [-0.4, -0.2) is 35.5 Å². The van der Waals surface area contributed by atoms with E-state index >= 15 is 0 Å². The SMILES string of the molecule is CC(C)(O)OPC(O)(Cn1ccnc1)PO. The summed E-state index contributed by atoms with van der Waals surface area (Å²) in [7, 11) is -1.11. The molecule has 6 nitrogen and oxygen atoms in total. The Labute approximate surface area is 97.4 Å². The Bertz CT molecular complexity index is 314. The monoisotopic (exact) mass is 266 g/mol. The number of hydrogen-bond donors (Lipinski definition) is 3. The standard InChI is InChI=1S/C8H16N2O4P2/c1-7(2,11)14-16-8(12,15-13)5-10-4-3-9-6-10/h3-4,6,11-13,15-16H,5H2,1-2H3. The first-order valence-electron chi connectivity index (χ1n) is 4.61. The topological polar surface area (TPSA) is 87.7 Å². The fourth-order valence-electron chi connectivity index (χ4n) is 0.944. The summed E-state index contributed by atoms with van der Waals surface area (Å²) >= 11 is 0. The zero-order valence-electron chi connectivity index (χ0n) is 9.08. The molecule has 3 N–H and O–H groups in total. The number of rotatable bonds is 6. The van der Waals surface area contributed by atoms with E-state index in [0.717, 1.165) is 0 Å². The number of aliphatic hydroxyl groups is 2. The van der Waals surface area contributed by atoms with E-state index < -0.39 is 28.5 Å². The molecular formula is C8H16N2O4P2. The fraction of sp³-hybridized carbons (Fsp3) is 0.625. The first-order chi connectivity index (χ1) is 7.35. The third kappa shape index (κ3) is 4.83.